The molecule has 5 nitrogen and oxygen atoms in total. The Balaban J connectivity index is 2.48. The summed E-state index contributed by atoms with van der Waals surface area (Å²) in [5.74, 6) is 2.28. The van der Waals surface area contributed by atoms with E-state index in [1.54, 1.807) is 7.05 Å². The van der Waals surface area contributed by atoms with Gasteiger partial charge in [0, 0.05) is 39.6 Å². The summed E-state index contributed by atoms with van der Waals surface area (Å²) >= 11 is 0. The molecule has 0 aromatic carbocycles. The van der Waals surface area contributed by atoms with Crippen LogP contribution in [0, 0.1) is 11.8 Å². The van der Waals surface area contributed by atoms with E-state index in [2.05, 4.69) is 36.3 Å². The van der Waals surface area contributed by atoms with Crippen LogP contribution in [0.4, 0.5) is 0 Å². The van der Waals surface area contributed by atoms with E-state index in [-0.39, 0.29) is 5.91 Å². The molecule has 1 saturated heterocycles. The third-order valence-corrected chi connectivity index (χ3v) is 3.61. The molecule has 1 rings (SSSR count). The number of nitrogens with one attached hydrogen (secondary N) is 2. The number of aliphatic imine (C=N–C) groups is 1. The monoisotopic (exact) mass is 282 g/mol. The fraction of sp³-hybridized carbons (Fsp3) is 0.867. The van der Waals surface area contributed by atoms with Gasteiger partial charge in [-0.15, -0.1) is 0 Å². The smallest absolute Gasteiger partial charge is 0.220 e. The lowest BCUT2D eigenvalue weighted by Gasteiger charge is -2.34. The Labute approximate surface area is 123 Å². The summed E-state index contributed by atoms with van der Waals surface area (Å²) in [7, 11) is 1.71. The first-order chi connectivity index (χ1) is 9.56. The van der Waals surface area contributed by atoms with E-state index >= 15 is 0 Å². The van der Waals surface area contributed by atoms with Gasteiger partial charge in [-0.1, -0.05) is 13.8 Å². The summed E-state index contributed by atoms with van der Waals surface area (Å²) in [6, 6.07) is 0. The molecule has 0 bridgehead atoms. The SMILES string of the molecule is CCNC(=NCC(C)C)N1CCC(CC(=O)NC)CC1. The first-order valence-corrected chi connectivity index (χ1v) is 7.80. The molecule has 1 heterocycles. The van der Waals surface area contributed by atoms with Crippen molar-refractivity contribution < 1.29 is 4.79 Å². The normalized spacial score (nSPS) is 17.4. The van der Waals surface area contributed by atoms with E-state index in [1.807, 2.05) is 0 Å². The third kappa shape index (κ3) is 5.80. The van der Waals surface area contributed by atoms with Gasteiger partial charge >= 0.3 is 0 Å². The van der Waals surface area contributed by atoms with Crippen LogP contribution >= 0.6 is 0 Å². The zero-order valence-corrected chi connectivity index (χ0v) is 13.4. The number of likely N-dealkylation sites (tertiary alicyclic amines) is 1. The molecule has 2 N–H and O–H groups in total. The second kappa shape index (κ2) is 8.82. The van der Waals surface area contributed by atoms with E-state index in [9.17, 15) is 4.79 Å². The van der Waals surface area contributed by atoms with Gasteiger partial charge in [0.2, 0.25) is 5.91 Å². The molecule has 1 aliphatic heterocycles. The number of hydrogen-bond acceptors (Lipinski definition) is 2. The number of piperidine rings is 1. The highest BCUT2D eigenvalue weighted by molar-refractivity contribution is 5.80. The van der Waals surface area contributed by atoms with Gasteiger partial charge in [0.15, 0.2) is 5.96 Å². The Morgan fingerprint density at radius 3 is 2.50 bits per heavy atom. The molecule has 20 heavy (non-hydrogen) atoms. The molecule has 0 radical (unpaired) electrons. The van der Waals surface area contributed by atoms with Crippen LogP contribution in [0.2, 0.25) is 0 Å². The lowest BCUT2D eigenvalue weighted by atomic mass is 9.93. The summed E-state index contributed by atoms with van der Waals surface area (Å²) in [5.41, 5.74) is 0. The molecule has 0 aliphatic carbocycles. The summed E-state index contributed by atoms with van der Waals surface area (Å²) in [5, 5.41) is 6.08. The Morgan fingerprint density at radius 2 is 2.00 bits per heavy atom. The first kappa shape index (κ1) is 16.8. The van der Waals surface area contributed by atoms with Gasteiger partial charge in [0.05, 0.1) is 0 Å². The maximum Gasteiger partial charge on any atom is 0.220 e. The van der Waals surface area contributed by atoms with Gasteiger partial charge in [0.1, 0.15) is 0 Å². The second-order valence-electron chi connectivity index (χ2n) is 5.90. The van der Waals surface area contributed by atoms with Crippen molar-refractivity contribution in [1.82, 2.24) is 15.5 Å². The standard InChI is InChI=1S/C15H30N4O/c1-5-17-15(18-11-12(2)3)19-8-6-13(7-9-19)10-14(20)16-4/h12-13H,5-11H2,1-4H3,(H,16,20)(H,17,18). The minimum absolute atomic E-state index is 0.156. The molecule has 0 atom stereocenters. The molecule has 116 valence electrons. The summed E-state index contributed by atoms with van der Waals surface area (Å²) < 4.78 is 0. The second-order valence-corrected chi connectivity index (χ2v) is 5.90. The van der Waals surface area contributed by atoms with E-state index in [0.717, 1.165) is 45.0 Å². The van der Waals surface area contributed by atoms with Crippen molar-refractivity contribution in [1.29, 1.82) is 0 Å². The number of hydrogen-bond donors (Lipinski definition) is 2. The highest BCUT2D eigenvalue weighted by Gasteiger charge is 2.22. The number of guanidine groups is 1. The predicted octanol–water partition coefficient (Wildman–Crippen LogP) is 1.46. The van der Waals surface area contributed by atoms with E-state index < -0.39 is 0 Å². The fourth-order valence-electron chi connectivity index (χ4n) is 2.41. The highest BCUT2D eigenvalue weighted by Crippen LogP contribution is 2.20. The van der Waals surface area contributed by atoms with Crippen LogP contribution in [-0.2, 0) is 4.79 Å². The Bertz CT molecular complexity index is 320. The van der Waals surface area contributed by atoms with Crippen molar-refractivity contribution >= 4 is 11.9 Å². The molecule has 1 amide bonds. The summed E-state index contributed by atoms with van der Waals surface area (Å²) in [6.45, 7) is 10.2. The van der Waals surface area contributed by atoms with Gasteiger partial charge in [-0.3, -0.25) is 9.79 Å². The van der Waals surface area contributed by atoms with Crippen LogP contribution in [-0.4, -0.2) is 50.0 Å². The summed E-state index contributed by atoms with van der Waals surface area (Å²) in [4.78, 5) is 18.4. The molecule has 0 saturated carbocycles. The van der Waals surface area contributed by atoms with E-state index in [1.165, 1.54) is 0 Å². The molecule has 0 aromatic rings. The number of rotatable bonds is 5. The van der Waals surface area contributed by atoms with Crippen molar-refractivity contribution in [3.05, 3.63) is 0 Å². The Kier molecular flexibility index (Phi) is 7.41. The third-order valence-electron chi connectivity index (χ3n) is 3.61. The highest BCUT2D eigenvalue weighted by atomic mass is 16.1. The van der Waals surface area contributed by atoms with Crippen molar-refractivity contribution in [3.8, 4) is 0 Å². The maximum absolute atomic E-state index is 11.4. The molecule has 1 aliphatic rings. The molecular weight excluding hydrogens is 252 g/mol. The minimum Gasteiger partial charge on any atom is -0.359 e. The predicted molar refractivity (Wildman–Crippen MR) is 83.8 cm³/mol. The quantitative estimate of drug-likeness (QED) is 0.593. The van der Waals surface area contributed by atoms with E-state index in [0.29, 0.717) is 18.3 Å². The van der Waals surface area contributed by atoms with Crippen LogP contribution in [0.25, 0.3) is 0 Å². The fourth-order valence-corrected chi connectivity index (χ4v) is 2.41. The van der Waals surface area contributed by atoms with Crippen LogP contribution in [0.5, 0.6) is 0 Å². The Morgan fingerprint density at radius 1 is 1.35 bits per heavy atom. The number of carbonyl (C=O) groups is 1. The Hall–Kier alpha value is -1.26. The van der Waals surface area contributed by atoms with Gasteiger partial charge < -0.3 is 15.5 Å². The minimum atomic E-state index is 0.156. The number of carbonyl (C=O) groups excluding carboxylic acids is 1. The molecule has 0 unspecified atom stereocenters. The van der Waals surface area contributed by atoms with Crippen molar-refractivity contribution in [2.45, 2.75) is 40.0 Å². The number of nitrogens with zero attached hydrogens (tertiary/aromatic N) is 2. The van der Waals surface area contributed by atoms with E-state index in [4.69, 9.17) is 4.99 Å². The molecule has 5 heteroatoms. The zero-order chi connectivity index (χ0) is 15.0. The number of amides is 1. The van der Waals surface area contributed by atoms with Crippen LogP contribution in [0.15, 0.2) is 4.99 Å². The lowest BCUT2D eigenvalue weighted by Crippen LogP contribution is -2.46. The molecule has 1 fully saturated rings. The average molecular weight is 282 g/mol. The van der Waals surface area contributed by atoms with Crippen LogP contribution in [0.1, 0.15) is 40.0 Å². The van der Waals surface area contributed by atoms with Gasteiger partial charge in [-0.2, -0.15) is 0 Å². The van der Waals surface area contributed by atoms with Gasteiger partial charge in [0.25, 0.3) is 0 Å². The maximum atomic E-state index is 11.4. The first-order valence-electron chi connectivity index (χ1n) is 7.80. The van der Waals surface area contributed by atoms with Gasteiger partial charge in [-0.25, -0.2) is 0 Å². The van der Waals surface area contributed by atoms with Crippen LogP contribution < -0.4 is 10.6 Å². The van der Waals surface area contributed by atoms with Crippen molar-refractivity contribution in [2.75, 3.05) is 33.2 Å². The van der Waals surface area contributed by atoms with Crippen LogP contribution in [0.3, 0.4) is 0 Å². The molecular formula is C15H30N4O. The molecule has 0 aromatic heterocycles. The van der Waals surface area contributed by atoms with Crippen molar-refractivity contribution in [2.24, 2.45) is 16.8 Å². The van der Waals surface area contributed by atoms with Gasteiger partial charge in [-0.05, 0) is 31.6 Å². The largest absolute Gasteiger partial charge is 0.359 e. The topological polar surface area (TPSA) is 56.7 Å². The lowest BCUT2D eigenvalue weighted by molar-refractivity contribution is -0.121. The molecule has 0 spiro atoms. The average Bonchev–Trinajstić information content (AvgIpc) is 2.44. The summed E-state index contributed by atoms with van der Waals surface area (Å²) in [6.07, 6.45) is 2.79. The van der Waals surface area contributed by atoms with Crippen molar-refractivity contribution in [3.63, 3.8) is 0 Å². The zero-order valence-electron chi connectivity index (χ0n) is 13.4.